The first kappa shape index (κ1) is 12.7. The Kier molecular flexibility index (Phi) is 4.49. The van der Waals surface area contributed by atoms with E-state index in [1.807, 2.05) is 0 Å². The Balaban J connectivity index is 2.96. The lowest BCUT2D eigenvalue weighted by molar-refractivity contribution is -0.154. The van der Waals surface area contributed by atoms with Crippen molar-refractivity contribution in [2.45, 2.75) is 13.0 Å². The number of nitrogens with one attached hydrogen (secondary N) is 1. The van der Waals surface area contributed by atoms with Gasteiger partial charge in [-0.1, -0.05) is 28.1 Å². The third kappa shape index (κ3) is 3.34. The maximum Gasteiger partial charge on any atom is 0.303 e. The Bertz CT molecular complexity index is 389. The Labute approximate surface area is 102 Å². The highest BCUT2D eigenvalue weighted by Crippen LogP contribution is 2.20. The van der Waals surface area contributed by atoms with Crippen molar-refractivity contribution in [2.75, 3.05) is 7.05 Å². The maximum atomic E-state index is 11.5. The predicted molar refractivity (Wildman–Crippen MR) is 62.7 cm³/mol. The summed E-state index contributed by atoms with van der Waals surface area (Å²) in [6.07, 6.45) is -0.893. The van der Waals surface area contributed by atoms with Gasteiger partial charge >= 0.3 is 5.97 Å². The number of hydrogen-bond acceptors (Lipinski definition) is 3. The van der Waals surface area contributed by atoms with Crippen LogP contribution in [-0.4, -0.2) is 18.9 Å². The van der Waals surface area contributed by atoms with Crippen LogP contribution in [0.5, 0.6) is 0 Å². The minimum absolute atomic E-state index is 0.350. The molecule has 4 nitrogen and oxygen atoms in total. The Morgan fingerprint density at radius 1 is 1.31 bits per heavy atom. The first-order valence-electron chi connectivity index (χ1n) is 4.69. The molecule has 0 radical (unpaired) electrons. The molecule has 0 fully saturated rings. The van der Waals surface area contributed by atoms with E-state index >= 15 is 0 Å². The van der Waals surface area contributed by atoms with Crippen molar-refractivity contribution < 1.29 is 14.3 Å². The number of amides is 1. The summed E-state index contributed by atoms with van der Waals surface area (Å²) in [6.45, 7) is 1.27. The number of likely N-dealkylation sites (N-methyl/N-ethyl adjacent to an activating group) is 1. The molecular weight excluding hydrogens is 274 g/mol. The zero-order valence-electron chi connectivity index (χ0n) is 8.99. The standard InChI is InChI=1S/C11H12BrNO3/c1-7(14)16-10(11(15)13-2)8-3-5-9(12)6-4-8/h3-6,10H,1-2H3,(H,13,15). The minimum atomic E-state index is -0.893. The molecule has 0 heterocycles. The monoisotopic (exact) mass is 285 g/mol. The summed E-state index contributed by atoms with van der Waals surface area (Å²) in [5, 5.41) is 2.46. The van der Waals surface area contributed by atoms with Crippen molar-refractivity contribution >= 4 is 27.8 Å². The molecule has 1 unspecified atom stereocenters. The number of hydrogen-bond donors (Lipinski definition) is 1. The first-order chi connectivity index (χ1) is 7.54. The summed E-state index contributed by atoms with van der Waals surface area (Å²) in [5.41, 5.74) is 0.637. The van der Waals surface area contributed by atoms with Gasteiger partial charge in [-0.25, -0.2) is 0 Å². The molecule has 0 aliphatic rings. The summed E-state index contributed by atoms with van der Waals surface area (Å²) in [7, 11) is 1.50. The molecule has 0 aliphatic carbocycles. The number of rotatable bonds is 3. The van der Waals surface area contributed by atoms with E-state index in [-0.39, 0.29) is 5.91 Å². The normalized spacial score (nSPS) is 11.7. The van der Waals surface area contributed by atoms with Crippen LogP contribution in [0, 0.1) is 0 Å². The summed E-state index contributed by atoms with van der Waals surface area (Å²) >= 11 is 3.29. The molecule has 1 amide bonds. The molecule has 0 saturated carbocycles. The highest BCUT2D eigenvalue weighted by Gasteiger charge is 2.22. The van der Waals surface area contributed by atoms with Gasteiger partial charge in [0.1, 0.15) is 0 Å². The predicted octanol–water partition coefficient (Wildman–Crippen LogP) is 1.80. The van der Waals surface area contributed by atoms with E-state index in [9.17, 15) is 9.59 Å². The molecule has 1 rings (SSSR count). The number of ether oxygens (including phenoxy) is 1. The lowest BCUT2D eigenvalue weighted by Crippen LogP contribution is -2.28. The van der Waals surface area contributed by atoms with Crippen molar-refractivity contribution in [2.24, 2.45) is 0 Å². The number of carbonyl (C=O) groups is 2. The first-order valence-corrected chi connectivity index (χ1v) is 5.48. The molecule has 0 bridgehead atoms. The van der Waals surface area contributed by atoms with Crippen LogP contribution in [-0.2, 0) is 14.3 Å². The van der Waals surface area contributed by atoms with Crippen LogP contribution in [0.2, 0.25) is 0 Å². The molecule has 1 aromatic carbocycles. The van der Waals surface area contributed by atoms with E-state index in [1.165, 1.54) is 14.0 Å². The van der Waals surface area contributed by atoms with Gasteiger partial charge in [0.2, 0.25) is 6.10 Å². The van der Waals surface area contributed by atoms with Gasteiger partial charge in [-0.2, -0.15) is 0 Å². The van der Waals surface area contributed by atoms with Crippen LogP contribution < -0.4 is 5.32 Å². The maximum absolute atomic E-state index is 11.5. The van der Waals surface area contributed by atoms with Gasteiger partial charge in [0, 0.05) is 24.0 Å². The fourth-order valence-electron chi connectivity index (χ4n) is 1.21. The lowest BCUT2D eigenvalue weighted by Gasteiger charge is -2.15. The zero-order valence-corrected chi connectivity index (χ0v) is 10.6. The van der Waals surface area contributed by atoms with Crippen LogP contribution >= 0.6 is 15.9 Å². The average Bonchev–Trinajstić information content (AvgIpc) is 2.26. The van der Waals surface area contributed by atoms with Crippen LogP contribution in [0.1, 0.15) is 18.6 Å². The van der Waals surface area contributed by atoms with Crippen molar-refractivity contribution in [1.82, 2.24) is 5.32 Å². The van der Waals surface area contributed by atoms with E-state index < -0.39 is 12.1 Å². The molecule has 0 spiro atoms. The Morgan fingerprint density at radius 3 is 2.31 bits per heavy atom. The van der Waals surface area contributed by atoms with Crippen molar-refractivity contribution in [3.63, 3.8) is 0 Å². The smallest absolute Gasteiger partial charge is 0.303 e. The molecule has 86 valence electrons. The number of benzene rings is 1. The van der Waals surface area contributed by atoms with E-state index in [4.69, 9.17) is 4.74 Å². The fraction of sp³-hybridized carbons (Fsp3) is 0.273. The molecule has 1 N–H and O–H groups in total. The Hall–Kier alpha value is -1.36. The summed E-state index contributed by atoms with van der Waals surface area (Å²) < 4.78 is 5.86. The second-order valence-electron chi connectivity index (χ2n) is 3.16. The third-order valence-corrected chi connectivity index (χ3v) is 2.47. The highest BCUT2D eigenvalue weighted by atomic mass is 79.9. The second kappa shape index (κ2) is 5.65. The quantitative estimate of drug-likeness (QED) is 0.862. The number of carbonyl (C=O) groups excluding carboxylic acids is 2. The Morgan fingerprint density at radius 2 is 1.88 bits per heavy atom. The molecule has 16 heavy (non-hydrogen) atoms. The largest absolute Gasteiger partial charge is 0.447 e. The molecule has 1 aromatic rings. The molecule has 0 aromatic heterocycles. The SMILES string of the molecule is CNC(=O)C(OC(C)=O)c1ccc(Br)cc1. The van der Waals surface area contributed by atoms with Gasteiger partial charge < -0.3 is 10.1 Å². The van der Waals surface area contributed by atoms with Gasteiger partial charge in [0.05, 0.1) is 0 Å². The van der Waals surface area contributed by atoms with Gasteiger partial charge in [-0.15, -0.1) is 0 Å². The van der Waals surface area contributed by atoms with E-state index in [0.717, 1.165) is 4.47 Å². The fourth-order valence-corrected chi connectivity index (χ4v) is 1.47. The lowest BCUT2D eigenvalue weighted by atomic mass is 10.1. The minimum Gasteiger partial charge on any atom is -0.447 e. The third-order valence-electron chi connectivity index (χ3n) is 1.94. The van der Waals surface area contributed by atoms with Gasteiger partial charge in [-0.3, -0.25) is 9.59 Å². The van der Waals surface area contributed by atoms with E-state index in [0.29, 0.717) is 5.56 Å². The van der Waals surface area contributed by atoms with Crippen molar-refractivity contribution in [1.29, 1.82) is 0 Å². The van der Waals surface area contributed by atoms with Crippen LogP contribution in [0.4, 0.5) is 0 Å². The van der Waals surface area contributed by atoms with Crippen LogP contribution in [0.25, 0.3) is 0 Å². The average molecular weight is 286 g/mol. The zero-order chi connectivity index (χ0) is 12.1. The van der Waals surface area contributed by atoms with Crippen LogP contribution in [0.15, 0.2) is 28.7 Å². The highest BCUT2D eigenvalue weighted by molar-refractivity contribution is 9.10. The molecule has 5 heteroatoms. The van der Waals surface area contributed by atoms with Gasteiger partial charge in [0.25, 0.3) is 5.91 Å². The summed E-state index contributed by atoms with van der Waals surface area (Å²) in [5.74, 6) is -0.839. The molecule has 1 atom stereocenters. The summed E-state index contributed by atoms with van der Waals surface area (Å²) in [6, 6.07) is 7.03. The van der Waals surface area contributed by atoms with Crippen LogP contribution in [0.3, 0.4) is 0 Å². The van der Waals surface area contributed by atoms with E-state index in [2.05, 4.69) is 21.2 Å². The van der Waals surface area contributed by atoms with E-state index in [1.54, 1.807) is 24.3 Å². The second-order valence-corrected chi connectivity index (χ2v) is 4.07. The van der Waals surface area contributed by atoms with Crippen molar-refractivity contribution in [3.8, 4) is 0 Å². The van der Waals surface area contributed by atoms with Gasteiger partial charge in [0.15, 0.2) is 0 Å². The topological polar surface area (TPSA) is 55.4 Å². The number of esters is 1. The van der Waals surface area contributed by atoms with Crippen molar-refractivity contribution in [3.05, 3.63) is 34.3 Å². The molecule has 0 aliphatic heterocycles. The molecule has 0 saturated heterocycles. The summed E-state index contributed by atoms with van der Waals surface area (Å²) in [4.78, 5) is 22.4. The van der Waals surface area contributed by atoms with Gasteiger partial charge in [-0.05, 0) is 12.1 Å². The molecular formula is C11H12BrNO3. The number of halogens is 1.